The summed E-state index contributed by atoms with van der Waals surface area (Å²) in [7, 11) is 0. The maximum atomic E-state index is 13.0. The van der Waals surface area contributed by atoms with E-state index in [1.54, 1.807) is 4.90 Å². The Balaban J connectivity index is 1.99. The Morgan fingerprint density at radius 3 is 1.62 bits per heavy atom. The first-order valence-electron chi connectivity index (χ1n) is 7.94. The first-order valence-corrected chi connectivity index (χ1v) is 7.94. The highest BCUT2D eigenvalue weighted by Crippen LogP contribution is 2.27. The number of para-hydroxylation sites is 3. The van der Waals surface area contributed by atoms with Gasteiger partial charge in [0.1, 0.15) is 0 Å². The molecule has 0 fully saturated rings. The van der Waals surface area contributed by atoms with E-state index in [4.69, 9.17) is 0 Å². The smallest absolute Gasteiger partial charge is 0.307 e. The molecular formula is C21H20N2O. The Morgan fingerprint density at radius 2 is 1.17 bits per heavy atom. The van der Waals surface area contributed by atoms with Crippen LogP contribution in [0, 0.1) is 13.8 Å². The first-order chi connectivity index (χ1) is 11.7. The molecule has 2 amide bonds. The van der Waals surface area contributed by atoms with Gasteiger partial charge in [-0.15, -0.1) is 0 Å². The number of benzene rings is 3. The average Bonchev–Trinajstić information content (AvgIpc) is 2.60. The van der Waals surface area contributed by atoms with Crippen molar-refractivity contribution < 1.29 is 4.79 Å². The maximum absolute atomic E-state index is 13.0. The average molecular weight is 316 g/mol. The highest BCUT2D eigenvalue weighted by atomic mass is 16.2. The number of hydrogen-bond acceptors (Lipinski definition) is 1. The SMILES string of the molecule is Cc1cccc(C)c1NC(=O)N(c1ccccc1)c1ccccc1. The van der Waals surface area contributed by atoms with Gasteiger partial charge in [0.2, 0.25) is 0 Å². The van der Waals surface area contributed by atoms with Crippen molar-refractivity contribution in [2.75, 3.05) is 10.2 Å². The van der Waals surface area contributed by atoms with Crippen LogP contribution < -0.4 is 10.2 Å². The van der Waals surface area contributed by atoms with E-state index in [2.05, 4.69) is 5.32 Å². The normalized spacial score (nSPS) is 10.2. The topological polar surface area (TPSA) is 32.3 Å². The summed E-state index contributed by atoms with van der Waals surface area (Å²) in [4.78, 5) is 14.7. The van der Waals surface area contributed by atoms with Gasteiger partial charge in [0.15, 0.2) is 0 Å². The van der Waals surface area contributed by atoms with E-state index in [1.165, 1.54) is 0 Å². The van der Waals surface area contributed by atoms with Gasteiger partial charge in [-0.25, -0.2) is 4.79 Å². The molecule has 1 N–H and O–H groups in total. The molecule has 0 unspecified atom stereocenters. The lowest BCUT2D eigenvalue weighted by atomic mass is 10.1. The molecule has 3 rings (SSSR count). The summed E-state index contributed by atoms with van der Waals surface area (Å²) in [5.41, 5.74) is 4.60. The van der Waals surface area contributed by atoms with E-state index in [9.17, 15) is 4.79 Å². The van der Waals surface area contributed by atoms with Crippen LogP contribution in [-0.4, -0.2) is 6.03 Å². The summed E-state index contributed by atoms with van der Waals surface area (Å²) in [6, 6.07) is 25.1. The Kier molecular flexibility index (Phi) is 4.62. The number of anilines is 3. The van der Waals surface area contributed by atoms with E-state index in [1.807, 2.05) is 92.7 Å². The van der Waals surface area contributed by atoms with Crippen molar-refractivity contribution in [2.45, 2.75) is 13.8 Å². The van der Waals surface area contributed by atoms with Gasteiger partial charge in [-0.1, -0.05) is 54.6 Å². The fourth-order valence-corrected chi connectivity index (χ4v) is 2.71. The Morgan fingerprint density at radius 1 is 0.708 bits per heavy atom. The molecule has 120 valence electrons. The van der Waals surface area contributed by atoms with Gasteiger partial charge < -0.3 is 5.32 Å². The van der Waals surface area contributed by atoms with Gasteiger partial charge in [-0.3, -0.25) is 4.90 Å². The summed E-state index contributed by atoms with van der Waals surface area (Å²) in [5.74, 6) is 0. The summed E-state index contributed by atoms with van der Waals surface area (Å²) in [6.07, 6.45) is 0. The molecule has 3 heteroatoms. The van der Waals surface area contributed by atoms with Crippen molar-refractivity contribution in [1.82, 2.24) is 0 Å². The number of carbonyl (C=O) groups excluding carboxylic acids is 1. The van der Waals surface area contributed by atoms with Gasteiger partial charge >= 0.3 is 6.03 Å². The highest BCUT2D eigenvalue weighted by molar-refractivity contribution is 6.07. The highest BCUT2D eigenvalue weighted by Gasteiger charge is 2.19. The first kappa shape index (κ1) is 15.8. The van der Waals surface area contributed by atoms with E-state index in [0.717, 1.165) is 28.2 Å². The van der Waals surface area contributed by atoms with Gasteiger partial charge in [0, 0.05) is 5.69 Å². The van der Waals surface area contributed by atoms with E-state index >= 15 is 0 Å². The standard InChI is InChI=1S/C21H20N2O/c1-16-10-9-11-17(2)20(16)22-21(24)23(18-12-5-3-6-13-18)19-14-7-4-8-15-19/h3-15H,1-2H3,(H,22,24). The molecule has 0 heterocycles. The van der Waals surface area contributed by atoms with E-state index < -0.39 is 0 Å². The molecule has 0 aliphatic rings. The molecule has 0 spiro atoms. The van der Waals surface area contributed by atoms with Crippen LogP contribution in [0.1, 0.15) is 11.1 Å². The number of nitrogens with one attached hydrogen (secondary N) is 1. The predicted octanol–water partition coefficient (Wildman–Crippen LogP) is 5.67. The molecule has 24 heavy (non-hydrogen) atoms. The molecular weight excluding hydrogens is 296 g/mol. The molecule has 0 atom stereocenters. The molecule has 3 aromatic carbocycles. The van der Waals surface area contributed by atoms with Crippen LogP contribution in [0.4, 0.5) is 21.9 Å². The summed E-state index contributed by atoms with van der Waals surface area (Å²) >= 11 is 0. The summed E-state index contributed by atoms with van der Waals surface area (Å²) < 4.78 is 0. The molecule has 0 aromatic heterocycles. The monoisotopic (exact) mass is 316 g/mol. The number of aryl methyl sites for hydroxylation is 2. The minimum atomic E-state index is -0.176. The van der Waals surface area contributed by atoms with Crippen LogP contribution >= 0.6 is 0 Å². The van der Waals surface area contributed by atoms with Gasteiger partial charge in [-0.05, 0) is 49.2 Å². The quantitative estimate of drug-likeness (QED) is 0.663. The third kappa shape index (κ3) is 3.30. The summed E-state index contributed by atoms with van der Waals surface area (Å²) in [6.45, 7) is 4.00. The minimum Gasteiger partial charge on any atom is -0.307 e. The minimum absolute atomic E-state index is 0.176. The molecule has 3 aromatic rings. The second-order valence-corrected chi connectivity index (χ2v) is 5.70. The van der Waals surface area contributed by atoms with Crippen molar-refractivity contribution in [1.29, 1.82) is 0 Å². The molecule has 3 nitrogen and oxygen atoms in total. The van der Waals surface area contributed by atoms with E-state index in [0.29, 0.717) is 0 Å². The van der Waals surface area contributed by atoms with Crippen LogP contribution in [0.25, 0.3) is 0 Å². The second kappa shape index (κ2) is 7.01. The van der Waals surface area contributed by atoms with Crippen LogP contribution in [0.5, 0.6) is 0 Å². The number of amides is 2. The summed E-state index contributed by atoms with van der Waals surface area (Å²) in [5, 5.41) is 3.06. The predicted molar refractivity (Wildman–Crippen MR) is 100.0 cm³/mol. The fraction of sp³-hybridized carbons (Fsp3) is 0.0952. The van der Waals surface area contributed by atoms with Crippen molar-refractivity contribution in [3.8, 4) is 0 Å². The van der Waals surface area contributed by atoms with Crippen molar-refractivity contribution in [3.05, 3.63) is 90.0 Å². The Bertz CT molecular complexity index is 769. The number of rotatable bonds is 3. The van der Waals surface area contributed by atoms with Crippen LogP contribution in [0.15, 0.2) is 78.9 Å². The van der Waals surface area contributed by atoms with Crippen molar-refractivity contribution in [3.63, 3.8) is 0 Å². The molecule has 0 aliphatic carbocycles. The zero-order chi connectivity index (χ0) is 16.9. The lowest BCUT2D eigenvalue weighted by Crippen LogP contribution is -2.31. The van der Waals surface area contributed by atoms with Crippen molar-refractivity contribution >= 4 is 23.1 Å². The lowest BCUT2D eigenvalue weighted by molar-refractivity contribution is 0.259. The molecule has 0 saturated carbocycles. The Labute approximate surface area is 142 Å². The molecule has 0 aliphatic heterocycles. The number of nitrogens with zero attached hydrogens (tertiary/aromatic N) is 1. The van der Waals surface area contributed by atoms with Gasteiger partial charge in [-0.2, -0.15) is 0 Å². The van der Waals surface area contributed by atoms with Gasteiger partial charge in [0.05, 0.1) is 11.4 Å². The maximum Gasteiger partial charge on any atom is 0.330 e. The zero-order valence-corrected chi connectivity index (χ0v) is 13.9. The van der Waals surface area contributed by atoms with Crippen LogP contribution in [-0.2, 0) is 0 Å². The second-order valence-electron chi connectivity index (χ2n) is 5.70. The fourth-order valence-electron chi connectivity index (χ4n) is 2.71. The number of hydrogen-bond donors (Lipinski definition) is 1. The largest absolute Gasteiger partial charge is 0.330 e. The van der Waals surface area contributed by atoms with Crippen molar-refractivity contribution in [2.24, 2.45) is 0 Å². The van der Waals surface area contributed by atoms with Crippen LogP contribution in [0.3, 0.4) is 0 Å². The lowest BCUT2D eigenvalue weighted by Gasteiger charge is -2.24. The molecule has 0 saturated heterocycles. The number of urea groups is 1. The third-order valence-electron chi connectivity index (χ3n) is 3.94. The van der Waals surface area contributed by atoms with Gasteiger partial charge in [0.25, 0.3) is 0 Å². The molecule has 0 radical (unpaired) electrons. The zero-order valence-electron chi connectivity index (χ0n) is 13.9. The Hall–Kier alpha value is -3.07. The third-order valence-corrected chi connectivity index (χ3v) is 3.94. The van der Waals surface area contributed by atoms with E-state index in [-0.39, 0.29) is 6.03 Å². The molecule has 0 bridgehead atoms. The van der Waals surface area contributed by atoms with Crippen LogP contribution in [0.2, 0.25) is 0 Å². The number of carbonyl (C=O) groups is 1.